The smallest absolute Gasteiger partial charge is 0.135 e. The zero-order chi connectivity index (χ0) is 14.8. The van der Waals surface area contributed by atoms with Crippen LogP contribution < -0.4 is 10.5 Å². The van der Waals surface area contributed by atoms with Crippen molar-refractivity contribution in [2.24, 2.45) is 5.73 Å². The number of benzene rings is 1. The second-order valence-corrected chi connectivity index (χ2v) is 6.46. The van der Waals surface area contributed by atoms with Crippen LogP contribution in [0.1, 0.15) is 39.9 Å². The fourth-order valence-corrected chi connectivity index (χ4v) is 3.27. The predicted molar refractivity (Wildman–Crippen MR) is 85.5 cm³/mol. The van der Waals surface area contributed by atoms with Gasteiger partial charge in [0.1, 0.15) is 11.6 Å². The van der Waals surface area contributed by atoms with Gasteiger partial charge in [-0.15, -0.1) is 11.3 Å². The first-order chi connectivity index (χ1) is 10.1. The lowest BCUT2D eigenvalue weighted by Gasteiger charge is -2.07. The van der Waals surface area contributed by atoms with E-state index in [2.05, 4.69) is 4.98 Å². The van der Waals surface area contributed by atoms with E-state index in [1.807, 2.05) is 31.2 Å². The predicted octanol–water partition coefficient (Wildman–Crippen LogP) is 3.23. The number of hydrogen-bond donors (Lipinski definition) is 2. The number of nitrogen functional groups attached to an aromatic ring is 1. The zero-order valence-electron chi connectivity index (χ0n) is 12.1. The molecule has 0 radical (unpaired) electrons. The lowest BCUT2D eigenvalue weighted by atomic mass is 10.2. The van der Waals surface area contributed by atoms with Gasteiger partial charge in [0, 0.05) is 12.3 Å². The van der Waals surface area contributed by atoms with E-state index >= 15 is 0 Å². The van der Waals surface area contributed by atoms with E-state index in [0.717, 1.165) is 33.3 Å². The van der Waals surface area contributed by atoms with Crippen LogP contribution in [0.2, 0.25) is 0 Å². The molecule has 21 heavy (non-hydrogen) atoms. The fourth-order valence-electron chi connectivity index (χ4n) is 2.28. The monoisotopic (exact) mass is 301 g/mol. The molecule has 1 aliphatic carbocycles. The topological polar surface area (TPSA) is 72.0 Å². The van der Waals surface area contributed by atoms with Crippen molar-refractivity contribution < 1.29 is 4.74 Å². The van der Waals surface area contributed by atoms with E-state index in [-0.39, 0.29) is 5.84 Å². The fraction of sp³-hybridized carbons (Fsp3) is 0.375. The average molecular weight is 301 g/mol. The number of para-hydroxylation sites is 1. The van der Waals surface area contributed by atoms with Gasteiger partial charge < -0.3 is 10.5 Å². The summed E-state index contributed by atoms with van der Waals surface area (Å²) in [5.41, 5.74) is 7.82. The normalized spacial score (nSPS) is 14.1. The molecular formula is C16H19N3OS. The lowest BCUT2D eigenvalue weighted by molar-refractivity contribution is 0.319. The molecule has 1 aromatic heterocycles. The van der Waals surface area contributed by atoms with Gasteiger partial charge in [-0.05, 0) is 31.4 Å². The number of nitrogens with one attached hydrogen (secondary N) is 1. The minimum atomic E-state index is 0.139. The molecule has 1 heterocycles. The van der Waals surface area contributed by atoms with Gasteiger partial charge in [0.15, 0.2) is 0 Å². The average Bonchev–Trinajstić information content (AvgIpc) is 3.21. The standard InChI is InChI=1S/C16H19N3OS/c1-10-4-2-3-5-12(10)20-9-8-13-19-14(11-6-7-11)15(21-13)16(17)18/h2-5,11H,6-9H2,1H3,(H3,17,18). The molecule has 2 aromatic rings. The van der Waals surface area contributed by atoms with Crippen molar-refractivity contribution >= 4 is 17.2 Å². The number of hydrogen-bond acceptors (Lipinski definition) is 4. The van der Waals surface area contributed by atoms with Crippen LogP contribution in [-0.2, 0) is 6.42 Å². The van der Waals surface area contributed by atoms with Crippen molar-refractivity contribution in [2.45, 2.75) is 32.1 Å². The molecule has 0 saturated heterocycles. The van der Waals surface area contributed by atoms with Crippen molar-refractivity contribution in [3.05, 3.63) is 45.4 Å². The molecule has 0 aliphatic heterocycles. The molecule has 0 spiro atoms. The van der Waals surface area contributed by atoms with E-state index in [9.17, 15) is 0 Å². The Balaban J connectivity index is 1.64. The van der Waals surface area contributed by atoms with E-state index in [1.54, 1.807) is 0 Å². The van der Waals surface area contributed by atoms with Crippen LogP contribution in [0.3, 0.4) is 0 Å². The number of amidine groups is 1. The Morgan fingerprint density at radius 3 is 2.86 bits per heavy atom. The van der Waals surface area contributed by atoms with Crippen LogP contribution in [-0.4, -0.2) is 17.4 Å². The van der Waals surface area contributed by atoms with E-state index in [0.29, 0.717) is 12.5 Å². The highest BCUT2D eigenvalue weighted by atomic mass is 32.1. The third-order valence-corrected chi connectivity index (χ3v) is 4.74. The van der Waals surface area contributed by atoms with Gasteiger partial charge in [0.05, 0.1) is 22.2 Å². The molecule has 4 nitrogen and oxygen atoms in total. The molecule has 1 aromatic carbocycles. The van der Waals surface area contributed by atoms with Crippen LogP contribution in [0.4, 0.5) is 0 Å². The molecule has 3 N–H and O–H groups in total. The Kier molecular flexibility index (Phi) is 3.92. The summed E-state index contributed by atoms with van der Waals surface area (Å²) >= 11 is 1.53. The third-order valence-electron chi connectivity index (χ3n) is 3.57. The van der Waals surface area contributed by atoms with Crippen molar-refractivity contribution in [2.75, 3.05) is 6.61 Å². The Bertz CT molecular complexity index is 661. The van der Waals surface area contributed by atoms with Gasteiger partial charge in [-0.3, -0.25) is 5.41 Å². The van der Waals surface area contributed by atoms with Crippen LogP contribution in [0, 0.1) is 12.3 Å². The molecule has 0 bridgehead atoms. The summed E-state index contributed by atoms with van der Waals surface area (Å²) in [4.78, 5) is 5.52. The van der Waals surface area contributed by atoms with Gasteiger partial charge in [-0.25, -0.2) is 4.98 Å². The van der Waals surface area contributed by atoms with Crippen molar-refractivity contribution in [3.8, 4) is 5.75 Å². The molecular weight excluding hydrogens is 282 g/mol. The van der Waals surface area contributed by atoms with Crippen LogP contribution in [0.5, 0.6) is 5.75 Å². The second kappa shape index (κ2) is 5.85. The van der Waals surface area contributed by atoms with Crippen LogP contribution in [0.15, 0.2) is 24.3 Å². The third kappa shape index (κ3) is 3.24. The summed E-state index contributed by atoms with van der Waals surface area (Å²) in [7, 11) is 0. The van der Waals surface area contributed by atoms with Crippen molar-refractivity contribution in [1.82, 2.24) is 4.98 Å². The van der Waals surface area contributed by atoms with E-state index < -0.39 is 0 Å². The van der Waals surface area contributed by atoms with Gasteiger partial charge >= 0.3 is 0 Å². The molecule has 0 amide bonds. The maximum atomic E-state index is 7.67. The summed E-state index contributed by atoms with van der Waals surface area (Å²) in [6.45, 7) is 2.64. The molecule has 1 aliphatic rings. The first-order valence-electron chi connectivity index (χ1n) is 7.17. The molecule has 0 atom stereocenters. The molecule has 0 unspecified atom stereocenters. The first-order valence-corrected chi connectivity index (χ1v) is 7.99. The quantitative estimate of drug-likeness (QED) is 0.635. The van der Waals surface area contributed by atoms with Crippen molar-refractivity contribution in [3.63, 3.8) is 0 Å². The van der Waals surface area contributed by atoms with Gasteiger partial charge in [0.25, 0.3) is 0 Å². The van der Waals surface area contributed by atoms with E-state index in [4.69, 9.17) is 15.9 Å². The minimum Gasteiger partial charge on any atom is -0.493 e. The number of nitrogens with zero attached hydrogens (tertiary/aromatic N) is 1. The highest BCUT2D eigenvalue weighted by Gasteiger charge is 2.30. The Hall–Kier alpha value is -1.88. The molecule has 3 rings (SSSR count). The highest BCUT2D eigenvalue weighted by Crippen LogP contribution is 2.42. The molecule has 5 heteroatoms. The highest BCUT2D eigenvalue weighted by molar-refractivity contribution is 7.13. The lowest BCUT2D eigenvalue weighted by Crippen LogP contribution is -2.11. The Morgan fingerprint density at radius 1 is 1.43 bits per heavy atom. The summed E-state index contributed by atoms with van der Waals surface area (Å²) in [5, 5.41) is 8.68. The number of nitrogens with two attached hydrogens (primary N) is 1. The summed E-state index contributed by atoms with van der Waals surface area (Å²) < 4.78 is 5.81. The zero-order valence-corrected chi connectivity index (χ0v) is 12.9. The Morgan fingerprint density at radius 2 is 2.19 bits per heavy atom. The minimum absolute atomic E-state index is 0.139. The number of thiazole rings is 1. The first kappa shape index (κ1) is 14.1. The van der Waals surface area contributed by atoms with E-state index in [1.165, 1.54) is 24.2 Å². The number of ether oxygens (including phenoxy) is 1. The number of aryl methyl sites for hydroxylation is 1. The van der Waals surface area contributed by atoms with Crippen LogP contribution in [0.25, 0.3) is 0 Å². The summed E-state index contributed by atoms with van der Waals surface area (Å²) in [6.07, 6.45) is 3.10. The molecule has 1 fully saturated rings. The van der Waals surface area contributed by atoms with Gasteiger partial charge in [-0.1, -0.05) is 18.2 Å². The maximum absolute atomic E-state index is 7.67. The van der Waals surface area contributed by atoms with Gasteiger partial charge in [-0.2, -0.15) is 0 Å². The number of rotatable bonds is 6. The largest absolute Gasteiger partial charge is 0.493 e. The maximum Gasteiger partial charge on any atom is 0.135 e. The van der Waals surface area contributed by atoms with Crippen LogP contribution >= 0.6 is 11.3 Å². The molecule has 1 saturated carbocycles. The SMILES string of the molecule is Cc1ccccc1OCCc1nc(C2CC2)c(C(=N)N)s1. The summed E-state index contributed by atoms with van der Waals surface area (Å²) in [6, 6.07) is 8.00. The number of aromatic nitrogens is 1. The molecule has 110 valence electrons. The van der Waals surface area contributed by atoms with Gasteiger partial charge in [0.2, 0.25) is 0 Å². The Labute approximate surface area is 128 Å². The second-order valence-electron chi connectivity index (χ2n) is 5.37. The summed E-state index contributed by atoms with van der Waals surface area (Å²) in [5.74, 6) is 1.58. The van der Waals surface area contributed by atoms with Crippen molar-refractivity contribution in [1.29, 1.82) is 5.41 Å².